The number of ether oxygens (including phenoxy) is 1. The first kappa shape index (κ1) is 19.5. The van der Waals surface area contributed by atoms with Gasteiger partial charge >= 0.3 is 0 Å². The summed E-state index contributed by atoms with van der Waals surface area (Å²) in [7, 11) is -1.27. The smallest absolute Gasteiger partial charge is 0.172 e. The maximum atomic E-state index is 12.0. The highest BCUT2D eigenvalue weighted by molar-refractivity contribution is 7.83. The Labute approximate surface area is 153 Å². The number of benzene rings is 2. The molecule has 0 amide bonds. The highest BCUT2D eigenvalue weighted by Gasteiger charge is 1.99. The highest BCUT2D eigenvalue weighted by atomic mass is 32.2. The van der Waals surface area contributed by atoms with Crippen LogP contribution in [0.1, 0.15) is 43.2 Å². The average molecular weight is 358 g/mol. The molecule has 1 atom stereocenters. The molecule has 4 heteroatoms. The second-order valence-corrected chi connectivity index (χ2v) is 7.27. The summed E-state index contributed by atoms with van der Waals surface area (Å²) in [6, 6.07) is 17.9. The topological polar surface area (TPSA) is 38.7 Å². The largest absolute Gasteiger partial charge is 0.377 e. The van der Waals surface area contributed by atoms with Crippen LogP contribution in [0.2, 0.25) is 0 Å². The van der Waals surface area contributed by atoms with Gasteiger partial charge in [-0.25, -0.2) is 4.21 Å². The molecule has 0 heterocycles. The van der Waals surface area contributed by atoms with E-state index in [1.165, 1.54) is 5.56 Å². The van der Waals surface area contributed by atoms with Crippen LogP contribution >= 0.6 is 0 Å². The Bertz CT molecular complexity index is 653. The van der Waals surface area contributed by atoms with Crippen molar-refractivity contribution in [2.24, 2.45) is 4.40 Å². The van der Waals surface area contributed by atoms with E-state index in [-0.39, 0.29) is 0 Å². The molecule has 25 heavy (non-hydrogen) atoms. The average Bonchev–Trinajstić information content (AvgIpc) is 2.64. The van der Waals surface area contributed by atoms with Crippen molar-refractivity contribution >= 4 is 17.2 Å². The van der Waals surface area contributed by atoms with E-state index in [1.807, 2.05) is 49.4 Å². The molecular weight excluding hydrogens is 330 g/mol. The number of hydrogen-bond acceptors (Lipinski definition) is 2. The molecule has 134 valence electrons. The standard InChI is InChI=1S/C21H27NO2S/c1-19-12-14-21(15-13-19)25(23)22-16-8-3-2-4-9-17-24-18-20-10-6-5-7-11-20/h5-7,10-16H,2-4,8-9,17-18H2,1H3/b22-16+. The van der Waals surface area contributed by atoms with Crippen molar-refractivity contribution in [2.75, 3.05) is 6.61 Å². The predicted octanol–water partition coefficient (Wildman–Crippen LogP) is 5.26. The zero-order valence-corrected chi connectivity index (χ0v) is 15.7. The molecule has 0 fully saturated rings. The molecule has 0 saturated carbocycles. The third-order valence-corrected chi connectivity index (χ3v) is 4.89. The Morgan fingerprint density at radius 1 is 0.960 bits per heavy atom. The summed E-state index contributed by atoms with van der Waals surface area (Å²) in [4.78, 5) is 0.761. The van der Waals surface area contributed by atoms with E-state index in [0.29, 0.717) is 6.61 Å². The van der Waals surface area contributed by atoms with Crippen molar-refractivity contribution in [1.29, 1.82) is 0 Å². The lowest BCUT2D eigenvalue weighted by atomic mass is 10.1. The minimum Gasteiger partial charge on any atom is -0.377 e. The summed E-state index contributed by atoms with van der Waals surface area (Å²) < 4.78 is 21.8. The molecule has 0 N–H and O–H groups in total. The van der Waals surface area contributed by atoms with Gasteiger partial charge in [0.2, 0.25) is 0 Å². The Morgan fingerprint density at radius 2 is 1.68 bits per heavy atom. The van der Waals surface area contributed by atoms with E-state index >= 15 is 0 Å². The molecule has 1 unspecified atom stereocenters. The highest BCUT2D eigenvalue weighted by Crippen LogP contribution is 2.09. The first-order valence-electron chi connectivity index (χ1n) is 8.88. The molecule has 0 aromatic heterocycles. The van der Waals surface area contributed by atoms with Crippen LogP contribution in [0.25, 0.3) is 0 Å². The van der Waals surface area contributed by atoms with Gasteiger partial charge in [0.15, 0.2) is 11.0 Å². The molecule has 2 aromatic rings. The van der Waals surface area contributed by atoms with Gasteiger partial charge in [-0.15, -0.1) is 0 Å². The van der Waals surface area contributed by atoms with E-state index in [4.69, 9.17) is 4.74 Å². The van der Waals surface area contributed by atoms with E-state index in [0.717, 1.165) is 49.2 Å². The molecule has 0 bridgehead atoms. The van der Waals surface area contributed by atoms with Gasteiger partial charge in [-0.3, -0.25) is 0 Å². The maximum absolute atomic E-state index is 12.0. The van der Waals surface area contributed by atoms with Crippen molar-refractivity contribution in [2.45, 2.75) is 50.5 Å². The third-order valence-electron chi connectivity index (χ3n) is 3.88. The van der Waals surface area contributed by atoms with Gasteiger partial charge in [0.25, 0.3) is 0 Å². The van der Waals surface area contributed by atoms with Gasteiger partial charge in [-0.05, 0) is 43.9 Å². The van der Waals surface area contributed by atoms with E-state index in [9.17, 15) is 4.21 Å². The molecular formula is C21H27NO2S. The SMILES string of the molecule is Cc1ccc(S(=O)/N=C/CCCCCCOCc2ccccc2)cc1. The summed E-state index contributed by atoms with van der Waals surface area (Å²) in [5.41, 5.74) is 2.39. The van der Waals surface area contributed by atoms with Crippen LogP contribution in [-0.2, 0) is 22.3 Å². The zero-order chi connectivity index (χ0) is 17.7. The van der Waals surface area contributed by atoms with Gasteiger partial charge in [0.1, 0.15) is 0 Å². The maximum Gasteiger partial charge on any atom is 0.172 e. The molecule has 0 radical (unpaired) electrons. The fourth-order valence-corrected chi connectivity index (χ4v) is 3.12. The van der Waals surface area contributed by atoms with Crippen LogP contribution in [0.15, 0.2) is 63.9 Å². The monoisotopic (exact) mass is 357 g/mol. The van der Waals surface area contributed by atoms with Gasteiger partial charge in [-0.1, -0.05) is 60.9 Å². The first-order chi connectivity index (χ1) is 12.3. The lowest BCUT2D eigenvalue weighted by molar-refractivity contribution is 0.117. The molecule has 0 aliphatic heterocycles. The summed E-state index contributed by atoms with van der Waals surface area (Å²) in [5, 5.41) is 0. The van der Waals surface area contributed by atoms with Crippen molar-refractivity contribution in [3.05, 3.63) is 65.7 Å². The molecule has 0 spiro atoms. The Kier molecular flexibility index (Phi) is 9.16. The molecule has 2 rings (SSSR count). The predicted molar refractivity (Wildman–Crippen MR) is 105 cm³/mol. The number of aryl methyl sites for hydroxylation is 1. The number of nitrogens with zero attached hydrogens (tertiary/aromatic N) is 1. The van der Waals surface area contributed by atoms with E-state index in [1.54, 1.807) is 6.21 Å². The summed E-state index contributed by atoms with van der Waals surface area (Å²) in [6.45, 7) is 3.52. The number of rotatable bonds is 11. The molecule has 3 nitrogen and oxygen atoms in total. The van der Waals surface area contributed by atoms with Crippen molar-refractivity contribution in [3.8, 4) is 0 Å². The third kappa shape index (κ3) is 8.23. The minimum absolute atomic E-state index is 0.693. The second-order valence-electron chi connectivity index (χ2n) is 6.09. The normalized spacial score (nSPS) is 12.5. The summed E-state index contributed by atoms with van der Waals surface area (Å²) >= 11 is 0. The minimum atomic E-state index is -1.27. The molecule has 0 aliphatic carbocycles. The van der Waals surface area contributed by atoms with Gasteiger partial charge in [0.05, 0.1) is 11.5 Å². The van der Waals surface area contributed by atoms with Crippen LogP contribution < -0.4 is 0 Å². The first-order valence-corrected chi connectivity index (χ1v) is 9.99. The van der Waals surface area contributed by atoms with Crippen LogP contribution in [0, 0.1) is 6.92 Å². The van der Waals surface area contributed by atoms with Crippen LogP contribution in [0.3, 0.4) is 0 Å². The van der Waals surface area contributed by atoms with E-state index < -0.39 is 11.0 Å². The fraction of sp³-hybridized carbons (Fsp3) is 0.381. The Hall–Kier alpha value is -1.78. The summed E-state index contributed by atoms with van der Waals surface area (Å²) in [6.07, 6.45) is 7.14. The van der Waals surface area contributed by atoms with Crippen LogP contribution in [0.4, 0.5) is 0 Å². The fourth-order valence-electron chi connectivity index (χ4n) is 2.39. The lowest BCUT2D eigenvalue weighted by Gasteiger charge is -2.04. The van der Waals surface area contributed by atoms with E-state index in [2.05, 4.69) is 16.5 Å². The number of hydrogen-bond donors (Lipinski definition) is 0. The Morgan fingerprint density at radius 3 is 2.44 bits per heavy atom. The molecule has 0 aliphatic rings. The Balaban J connectivity index is 1.47. The van der Waals surface area contributed by atoms with Gasteiger partial charge < -0.3 is 4.74 Å². The zero-order valence-electron chi connectivity index (χ0n) is 14.9. The summed E-state index contributed by atoms with van der Waals surface area (Å²) in [5.74, 6) is 0. The van der Waals surface area contributed by atoms with Gasteiger partial charge in [-0.2, -0.15) is 4.40 Å². The molecule has 0 saturated heterocycles. The quantitative estimate of drug-likeness (QED) is 0.407. The molecule has 2 aromatic carbocycles. The second kappa shape index (κ2) is 11.7. The van der Waals surface area contributed by atoms with Crippen LogP contribution in [0.5, 0.6) is 0 Å². The van der Waals surface area contributed by atoms with Crippen molar-refractivity contribution in [1.82, 2.24) is 0 Å². The van der Waals surface area contributed by atoms with Crippen LogP contribution in [-0.4, -0.2) is 17.0 Å². The van der Waals surface area contributed by atoms with Crippen molar-refractivity contribution < 1.29 is 8.95 Å². The van der Waals surface area contributed by atoms with Crippen molar-refractivity contribution in [3.63, 3.8) is 0 Å². The van der Waals surface area contributed by atoms with Gasteiger partial charge in [0, 0.05) is 12.8 Å². The number of unbranched alkanes of at least 4 members (excludes halogenated alkanes) is 4. The lowest BCUT2D eigenvalue weighted by Crippen LogP contribution is -1.95.